The molecule has 0 radical (unpaired) electrons. The van der Waals surface area contributed by atoms with E-state index in [9.17, 15) is 0 Å². The quantitative estimate of drug-likeness (QED) is 0.690. The number of nitrogens with zero attached hydrogens (tertiary/aromatic N) is 1. The standard InChI is InChI=1S/C10H16BNO2/c1-4-7(2)10-5-8(3)9(6-12-10)11(13)14/h5-7,13-14H,4H2,1-3H3. The Kier molecular flexibility index (Phi) is 3.66. The lowest BCUT2D eigenvalue weighted by Crippen LogP contribution is -2.32. The first-order valence-electron chi connectivity index (χ1n) is 4.88. The van der Waals surface area contributed by atoms with E-state index in [2.05, 4.69) is 18.8 Å². The van der Waals surface area contributed by atoms with Gasteiger partial charge in [-0.1, -0.05) is 13.8 Å². The number of hydrogen-bond donors (Lipinski definition) is 2. The minimum atomic E-state index is -1.42. The van der Waals surface area contributed by atoms with Gasteiger partial charge in [0.25, 0.3) is 0 Å². The summed E-state index contributed by atoms with van der Waals surface area (Å²) in [5.41, 5.74) is 2.37. The van der Waals surface area contributed by atoms with Gasteiger partial charge in [-0.05, 0) is 30.9 Å². The van der Waals surface area contributed by atoms with Crippen molar-refractivity contribution in [3.8, 4) is 0 Å². The molecule has 1 rings (SSSR count). The van der Waals surface area contributed by atoms with Gasteiger partial charge >= 0.3 is 7.12 Å². The van der Waals surface area contributed by atoms with Gasteiger partial charge in [0.2, 0.25) is 0 Å². The van der Waals surface area contributed by atoms with Crippen molar-refractivity contribution in [3.63, 3.8) is 0 Å². The van der Waals surface area contributed by atoms with Crippen LogP contribution in [0, 0.1) is 6.92 Å². The van der Waals surface area contributed by atoms with Gasteiger partial charge in [0.15, 0.2) is 0 Å². The third-order valence-corrected chi connectivity index (χ3v) is 2.57. The number of hydrogen-bond acceptors (Lipinski definition) is 3. The second-order valence-electron chi connectivity index (χ2n) is 3.65. The molecule has 1 aromatic rings. The van der Waals surface area contributed by atoms with Gasteiger partial charge < -0.3 is 10.0 Å². The Labute approximate surface area is 85.0 Å². The van der Waals surface area contributed by atoms with Gasteiger partial charge in [0.05, 0.1) is 0 Å². The first kappa shape index (κ1) is 11.2. The van der Waals surface area contributed by atoms with E-state index < -0.39 is 7.12 Å². The fourth-order valence-electron chi connectivity index (χ4n) is 1.34. The first-order valence-corrected chi connectivity index (χ1v) is 4.88. The summed E-state index contributed by atoms with van der Waals surface area (Å²) in [6.45, 7) is 6.08. The van der Waals surface area contributed by atoms with E-state index in [1.165, 1.54) is 0 Å². The van der Waals surface area contributed by atoms with E-state index >= 15 is 0 Å². The van der Waals surface area contributed by atoms with Crippen molar-refractivity contribution in [2.45, 2.75) is 33.1 Å². The fourth-order valence-corrected chi connectivity index (χ4v) is 1.34. The smallest absolute Gasteiger partial charge is 0.423 e. The fraction of sp³-hybridized carbons (Fsp3) is 0.500. The molecule has 0 spiro atoms. The number of aryl methyl sites for hydroxylation is 1. The van der Waals surface area contributed by atoms with Crippen molar-refractivity contribution in [2.24, 2.45) is 0 Å². The molecule has 0 amide bonds. The molecule has 76 valence electrons. The van der Waals surface area contributed by atoms with Gasteiger partial charge in [0, 0.05) is 17.4 Å². The second-order valence-corrected chi connectivity index (χ2v) is 3.65. The van der Waals surface area contributed by atoms with E-state index in [1.54, 1.807) is 6.20 Å². The average molecular weight is 193 g/mol. The van der Waals surface area contributed by atoms with Crippen LogP contribution in [0.15, 0.2) is 12.3 Å². The molecule has 0 saturated carbocycles. The van der Waals surface area contributed by atoms with Crippen molar-refractivity contribution in [1.82, 2.24) is 4.98 Å². The zero-order valence-electron chi connectivity index (χ0n) is 8.86. The molecule has 0 aliphatic rings. The molecular weight excluding hydrogens is 177 g/mol. The highest BCUT2D eigenvalue weighted by Gasteiger charge is 2.15. The normalized spacial score (nSPS) is 12.6. The minimum Gasteiger partial charge on any atom is -0.423 e. The third kappa shape index (κ3) is 2.33. The number of pyridine rings is 1. The van der Waals surface area contributed by atoms with Crippen LogP contribution in [0.4, 0.5) is 0 Å². The first-order chi connectivity index (χ1) is 6.56. The highest BCUT2D eigenvalue weighted by molar-refractivity contribution is 6.59. The monoisotopic (exact) mass is 193 g/mol. The number of aromatic nitrogens is 1. The molecular formula is C10H16BNO2. The van der Waals surface area contributed by atoms with E-state index in [1.807, 2.05) is 13.0 Å². The van der Waals surface area contributed by atoms with E-state index in [0.29, 0.717) is 11.4 Å². The summed E-state index contributed by atoms with van der Waals surface area (Å²) in [4.78, 5) is 4.21. The van der Waals surface area contributed by atoms with E-state index in [0.717, 1.165) is 17.7 Å². The molecule has 4 heteroatoms. The molecule has 1 atom stereocenters. The van der Waals surface area contributed by atoms with Crippen LogP contribution < -0.4 is 5.46 Å². The summed E-state index contributed by atoms with van der Waals surface area (Å²) < 4.78 is 0. The van der Waals surface area contributed by atoms with Crippen molar-refractivity contribution in [2.75, 3.05) is 0 Å². The van der Waals surface area contributed by atoms with Crippen LogP contribution in [0.25, 0.3) is 0 Å². The van der Waals surface area contributed by atoms with Gasteiger partial charge in [-0.2, -0.15) is 0 Å². The molecule has 0 bridgehead atoms. The van der Waals surface area contributed by atoms with Crippen molar-refractivity contribution in [1.29, 1.82) is 0 Å². The molecule has 0 fully saturated rings. The SMILES string of the molecule is CCC(C)c1cc(C)c(B(O)O)cn1. The Balaban J connectivity index is 3.00. The van der Waals surface area contributed by atoms with Crippen LogP contribution in [-0.2, 0) is 0 Å². The Hall–Kier alpha value is -0.865. The van der Waals surface area contributed by atoms with Gasteiger partial charge in [-0.25, -0.2) is 0 Å². The number of rotatable bonds is 3. The van der Waals surface area contributed by atoms with Crippen LogP contribution in [0.2, 0.25) is 0 Å². The van der Waals surface area contributed by atoms with Crippen molar-refractivity contribution < 1.29 is 10.0 Å². The van der Waals surface area contributed by atoms with Crippen molar-refractivity contribution >= 4 is 12.6 Å². The van der Waals surface area contributed by atoms with Crippen molar-refractivity contribution in [3.05, 3.63) is 23.5 Å². The molecule has 0 saturated heterocycles. The van der Waals surface area contributed by atoms with Gasteiger partial charge in [0.1, 0.15) is 0 Å². The van der Waals surface area contributed by atoms with Crippen LogP contribution in [0.1, 0.15) is 37.4 Å². The molecule has 2 N–H and O–H groups in total. The van der Waals surface area contributed by atoms with E-state index in [-0.39, 0.29) is 0 Å². The Morgan fingerprint density at radius 2 is 2.14 bits per heavy atom. The molecule has 1 aromatic heterocycles. The maximum absolute atomic E-state index is 9.01. The molecule has 3 nitrogen and oxygen atoms in total. The lowest BCUT2D eigenvalue weighted by atomic mass is 9.78. The largest absolute Gasteiger partial charge is 0.490 e. The van der Waals surface area contributed by atoms with Gasteiger partial charge in [-0.3, -0.25) is 4.98 Å². The van der Waals surface area contributed by atoms with Crippen LogP contribution >= 0.6 is 0 Å². The lowest BCUT2D eigenvalue weighted by Gasteiger charge is -2.11. The molecule has 14 heavy (non-hydrogen) atoms. The predicted molar refractivity (Wildman–Crippen MR) is 57.5 cm³/mol. The summed E-state index contributed by atoms with van der Waals surface area (Å²) >= 11 is 0. The Morgan fingerprint density at radius 1 is 1.50 bits per heavy atom. The molecule has 0 aliphatic heterocycles. The second kappa shape index (κ2) is 4.57. The maximum atomic E-state index is 9.01. The third-order valence-electron chi connectivity index (χ3n) is 2.57. The summed E-state index contributed by atoms with van der Waals surface area (Å²) in [6.07, 6.45) is 2.58. The highest BCUT2D eigenvalue weighted by Crippen LogP contribution is 2.15. The molecule has 0 aromatic carbocycles. The molecule has 0 aliphatic carbocycles. The Morgan fingerprint density at radius 3 is 2.57 bits per heavy atom. The van der Waals surface area contributed by atoms with Gasteiger partial charge in [-0.15, -0.1) is 0 Å². The topological polar surface area (TPSA) is 53.4 Å². The average Bonchev–Trinajstić information content (AvgIpc) is 2.15. The lowest BCUT2D eigenvalue weighted by molar-refractivity contribution is 0.425. The molecule has 1 heterocycles. The zero-order chi connectivity index (χ0) is 10.7. The highest BCUT2D eigenvalue weighted by atomic mass is 16.4. The minimum absolute atomic E-state index is 0.415. The molecule has 1 unspecified atom stereocenters. The summed E-state index contributed by atoms with van der Waals surface area (Å²) in [6, 6.07) is 1.92. The van der Waals surface area contributed by atoms with Crippen LogP contribution in [-0.4, -0.2) is 22.2 Å². The summed E-state index contributed by atoms with van der Waals surface area (Å²) in [7, 11) is -1.42. The van der Waals surface area contributed by atoms with Crippen LogP contribution in [0.5, 0.6) is 0 Å². The zero-order valence-corrected chi connectivity index (χ0v) is 8.86. The maximum Gasteiger partial charge on any atom is 0.490 e. The van der Waals surface area contributed by atoms with E-state index in [4.69, 9.17) is 10.0 Å². The van der Waals surface area contributed by atoms with Crippen LogP contribution in [0.3, 0.4) is 0 Å². The predicted octanol–water partition coefficient (Wildman–Crippen LogP) is 0.583. The Bertz CT molecular complexity index is 315. The summed E-state index contributed by atoms with van der Waals surface area (Å²) in [5.74, 6) is 0.415. The summed E-state index contributed by atoms with van der Waals surface area (Å²) in [5, 5.41) is 18.0.